The monoisotopic (exact) mass is 387 g/mol. The number of hydrogen-bond donors (Lipinski definition) is 2. The molecule has 0 bridgehead atoms. The van der Waals surface area contributed by atoms with E-state index >= 15 is 0 Å². The van der Waals surface area contributed by atoms with Crippen molar-refractivity contribution >= 4 is 17.3 Å². The average Bonchev–Trinajstić information content (AvgIpc) is 2.74. The molecule has 3 aromatic carbocycles. The number of allylic oxidation sites excluding steroid dienone is 1. The van der Waals surface area contributed by atoms with Crippen molar-refractivity contribution in [2.45, 2.75) is 13.5 Å². The highest BCUT2D eigenvalue weighted by Crippen LogP contribution is 2.29. The summed E-state index contributed by atoms with van der Waals surface area (Å²) < 4.78 is 5.84. The SMILES string of the molecule is C/C(O)=C(\N=Nc1ccccc1OCc1ccccc1)C(=O)Nc1ccccc1. The third kappa shape index (κ3) is 5.77. The number of benzene rings is 3. The molecule has 0 aromatic heterocycles. The van der Waals surface area contributed by atoms with Gasteiger partial charge < -0.3 is 15.2 Å². The van der Waals surface area contributed by atoms with E-state index in [4.69, 9.17) is 4.74 Å². The lowest BCUT2D eigenvalue weighted by Crippen LogP contribution is -2.14. The van der Waals surface area contributed by atoms with Crippen molar-refractivity contribution in [2.24, 2.45) is 10.2 Å². The molecule has 0 unspecified atom stereocenters. The van der Waals surface area contributed by atoms with Crippen LogP contribution in [0.15, 0.2) is 107 Å². The van der Waals surface area contributed by atoms with E-state index in [-0.39, 0.29) is 11.5 Å². The zero-order valence-electron chi connectivity index (χ0n) is 15.9. The molecular formula is C23H21N3O3. The lowest BCUT2D eigenvalue weighted by atomic mass is 10.2. The molecule has 0 fully saturated rings. The van der Waals surface area contributed by atoms with Gasteiger partial charge in [0.15, 0.2) is 5.70 Å². The molecule has 0 saturated heterocycles. The van der Waals surface area contributed by atoms with Crippen molar-refractivity contribution in [2.75, 3.05) is 5.32 Å². The highest BCUT2D eigenvalue weighted by Gasteiger charge is 2.14. The van der Waals surface area contributed by atoms with Crippen molar-refractivity contribution in [3.8, 4) is 5.75 Å². The first-order valence-electron chi connectivity index (χ1n) is 9.07. The molecule has 0 saturated carbocycles. The zero-order chi connectivity index (χ0) is 20.5. The molecule has 3 aromatic rings. The molecule has 146 valence electrons. The van der Waals surface area contributed by atoms with E-state index in [1.807, 2.05) is 42.5 Å². The smallest absolute Gasteiger partial charge is 0.279 e. The summed E-state index contributed by atoms with van der Waals surface area (Å²) in [6, 6.07) is 25.8. The van der Waals surface area contributed by atoms with Crippen molar-refractivity contribution < 1.29 is 14.6 Å². The number of hydrogen-bond acceptors (Lipinski definition) is 5. The summed E-state index contributed by atoms with van der Waals surface area (Å²) in [5.74, 6) is -0.258. The van der Waals surface area contributed by atoms with Crippen LogP contribution in [0, 0.1) is 0 Å². The largest absolute Gasteiger partial charge is 0.510 e. The third-order valence-electron chi connectivity index (χ3n) is 3.95. The Kier molecular flexibility index (Phi) is 6.73. The number of aliphatic hydroxyl groups is 1. The Morgan fingerprint density at radius 3 is 2.24 bits per heavy atom. The molecule has 0 atom stereocenters. The number of rotatable bonds is 7. The molecular weight excluding hydrogens is 366 g/mol. The van der Waals surface area contributed by atoms with E-state index in [1.54, 1.807) is 42.5 Å². The van der Waals surface area contributed by atoms with Gasteiger partial charge in [0.05, 0.1) is 0 Å². The minimum atomic E-state index is -0.553. The Morgan fingerprint density at radius 2 is 1.55 bits per heavy atom. The molecule has 3 rings (SSSR count). The maximum absolute atomic E-state index is 12.5. The number of amides is 1. The van der Waals surface area contributed by atoms with Crippen LogP contribution in [0.4, 0.5) is 11.4 Å². The summed E-state index contributed by atoms with van der Waals surface area (Å²) in [4.78, 5) is 12.5. The molecule has 0 aliphatic heterocycles. The van der Waals surface area contributed by atoms with Crippen molar-refractivity contribution in [1.29, 1.82) is 0 Å². The van der Waals surface area contributed by atoms with Crippen molar-refractivity contribution in [3.05, 3.63) is 102 Å². The number of carbonyl (C=O) groups excluding carboxylic acids is 1. The Morgan fingerprint density at radius 1 is 0.931 bits per heavy atom. The number of azo groups is 1. The fourth-order valence-electron chi connectivity index (χ4n) is 2.49. The topological polar surface area (TPSA) is 83.3 Å². The van der Waals surface area contributed by atoms with Crippen LogP contribution in [0.1, 0.15) is 12.5 Å². The maximum atomic E-state index is 12.5. The van der Waals surface area contributed by atoms with Crippen LogP contribution in [0.3, 0.4) is 0 Å². The van der Waals surface area contributed by atoms with Crippen LogP contribution in [-0.4, -0.2) is 11.0 Å². The van der Waals surface area contributed by atoms with Gasteiger partial charge in [0.2, 0.25) is 0 Å². The van der Waals surface area contributed by atoms with Gasteiger partial charge in [-0.1, -0.05) is 60.7 Å². The van der Waals surface area contributed by atoms with E-state index in [1.165, 1.54) is 6.92 Å². The minimum Gasteiger partial charge on any atom is -0.510 e. The number of para-hydroxylation sites is 2. The van der Waals surface area contributed by atoms with Gasteiger partial charge >= 0.3 is 0 Å². The van der Waals surface area contributed by atoms with Crippen LogP contribution in [0.2, 0.25) is 0 Å². The fraction of sp³-hybridized carbons (Fsp3) is 0.0870. The third-order valence-corrected chi connectivity index (χ3v) is 3.95. The van der Waals surface area contributed by atoms with Gasteiger partial charge in [-0.2, -0.15) is 0 Å². The molecule has 6 heteroatoms. The number of ether oxygens (including phenoxy) is 1. The van der Waals surface area contributed by atoms with Crippen LogP contribution in [0.5, 0.6) is 5.75 Å². The second-order valence-electron chi connectivity index (χ2n) is 6.20. The number of nitrogens with zero attached hydrogens (tertiary/aromatic N) is 2. The summed E-state index contributed by atoms with van der Waals surface area (Å²) in [5, 5.41) is 20.7. The van der Waals surface area contributed by atoms with Crippen LogP contribution in [0.25, 0.3) is 0 Å². The Bertz CT molecular complexity index is 1010. The Balaban J connectivity index is 1.75. The standard InChI is InChI=1S/C23H21N3O3/c1-17(27)22(23(28)24-19-12-6-3-7-13-19)26-25-20-14-8-9-15-21(20)29-16-18-10-4-2-5-11-18/h2-15,27H,16H2,1H3,(H,24,28)/b22-17+,26-25?. The number of nitrogens with one attached hydrogen (secondary N) is 1. The number of carbonyl (C=O) groups is 1. The highest BCUT2D eigenvalue weighted by atomic mass is 16.5. The molecule has 6 nitrogen and oxygen atoms in total. The normalized spacial score (nSPS) is 11.8. The first-order chi connectivity index (χ1) is 14.1. The van der Waals surface area contributed by atoms with Crippen LogP contribution in [-0.2, 0) is 11.4 Å². The van der Waals surface area contributed by atoms with Crippen molar-refractivity contribution in [1.82, 2.24) is 0 Å². The Labute approximate surface area is 169 Å². The van der Waals surface area contributed by atoms with E-state index in [9.17, 15) is 9.90 Å². The first kappa shape index (κ1) is 19.8. The molecule has 1 amide bonds. The van der Waals surface area contributed by atoms with Gasteiger partial charge in [0.25, 0.3) is 5.91 Å². The lowest BCUT2D eigenvalue weighted by Gasteiger charge is -2.09. The van der Waals surface area contributed by atoms with Gasteiger partial charge in [-0.15, -0.1) is 10.2 Å². The van der Waals surface area contributed by atoms with E-state index in [0.717, 1.165) is 5.56 Å². The van der Waals surface area contributed by atoms with Gasteiger partial charge in [-0.25, -0.2) is 0 Å². The molecule has 0 heterocycles. The second-order valence-corrected chi connectivity index (χ2v) is 6.20. The van der Waals surface area contributed by atoms with Gasteiger partial charge in [0, 0.05) is 5.69 Å². The molecule has 29 heavy (non-hydrogen) atoms. The molecule has 0 spiro atoms. The minimum absolute atomic E-state index is 0.174. The summed E-state index contributed by atoms with van der Waals surface area (Å²) in [7, 11) is 0. The summed E-state index contributed by atoms with van der Waals surface area (Å²) in [5.41, 5.74) is 1.90. The lowest BCUT2D eigenvalue weighted by molar-refractivity contribution is -0.113. The number of aliphatic hydroxyl groups excluding tert-OH is 1. The average molecular weight is 387 g/mol. The summed E-state index contributed by atoms with van der Waals surface area (Å²) in [6.45, 7) is 1.76. The van der Waals surface area contributed by atoms with E-state index in [0.29, 0.717) is 23.7 Å². The van der Waals surface area contributed by atoms with Gasteiger partial charge in [0.1, 0.15) is 23.8 Å². The molecule has 2 N–H and O–H groups in total. The van der Waals surface area contributed by atoms with E-state index in [2.05, 4.69) is 15.5 Å². The number of anilines is 1. The molecule has 0 aliphatic carbocycles. The maximum Gasteiger partial charge on any atom is 0.279 e. The summed E-state index contributed by atoms with van der Waals surface area (Å²) in [6.07, 6.45) is 0. The quantitative estimate of drug-likeness (QED) is 0.306. The first-order valence-corrected chi connectivity index (χ1v) is 9.07. The summed E-state index contributed by atoms with van der Waals surface area (Å²) >= 11 is 0. The molecule has 0 radical (unpaired) electrons. The molecule has 0 aliphatic rings. The van der Waals surface area contributed by atoms with Crippen LogP contribution >= 0.6 is 0 Å². The van der Waals surface area contributed by atoms with Crippen LogP contribution < -0.4 is 10.1 Å². The Hall–Kier alpha value is -3.93. The predicted molar refractivity (Wildman–Crippen MR) is 112 cm³/mol. The van der Waals surface area contributed by atoms with Gasteiger partial charge in [-0.3, -0.25) is 4.79 Å². The van der Waals surface area contributed by atoms with Crippen molar-refractivity contribution in [3.63, 3.8) is 0 Å². The zero-order valence-corrected chi connectivity index (χ0v) is 15.9. The predicted octanol–water partition coefficient (Wildman–Crippen LogP) is 5.78. The highest BCUT2D eigenvalue weighted by molar-refractivity contribution is 6.03. The van der Waals surface area contributed by atoms with Gasteiger partial charge in [-0.05, 0) is 36.8 Å². The fourth-order valence-corrected chi connectivity index (χ4v) is 2.49. The van der Waals surface area contributed by atoms with E-state index < -0.39 is 5.91 Å². The second kappa shape index (κ2) is 9.85.